The largest absolute Gasteiger partial charge is 0.377 e. The van der Waals surface area contributed by atoms with Crippen LogP contribution in [0, 0.1) is 11.3 Å². The van der Waals surface area contributed by atoms with Crippen molar-refractivity contribution in [1.29, 1.82) is 0 Å². The molecule has 0 bridgehead atoms. The Hall–Kier alpha value is -1.89. The molecule has 2 aliphatic rings. The highest BCUT2D eigenvalue weighted by Crippen LogP contribution is 2.34. The number of nitrogens with one attached hydrogen (secondary N) is 1. The van der Waals surface area contributed by atoms with E-state index in [9.17, 15) is 0 Å². The molecular formula is C21H36N6O. The van der Waals surface area contributed by atoms with Gasteiger partial charge in [0.05, 0.1) is 6.10 Å². The lowest BCUT2D eigenvalue weighted by atomic mass is 9.78. The van der Waals surface area contributed by atoms with Gasteiger partial charge < -0.3 is 19.9 Å². The summed E-state index contributed by atoms with van der Waals surface area (Å²) in [5, 5.41) is 3.49. The first-order valence-corrected chi connectivity index (χ1v) is 10.7. The molecule has 2 atom stereocenters. The Labute approximate surface area is 169 Å². The summed E-state index contributed by atoms with van der Waals surface area (Å²) in [4.78, 5) is 18.4. The third-order valence-corrected chi connectivity index (χ3v) is 5.52. The molecule has 1 aromatic rings. The van der Waals surface area contributed by atoms with Crippen LogP contribution in [0.15, 0.2) is 23.5 Å². The van der Waals surface area contributed by atoms with Gasteiger partial charge in [0.25, 0.3) is 0 Å². The van der Waals surface area contributed by atoms with Crippen molar-refractivity contribution in [3.8, 4) is 0 Å². The van der Waals surface area contributed by atoms with Crippen molar-refractivity contribution in [3.63, 3.8) is 0 Å². The number of rotatable bonds is 4. The lowest BCUT2D eigenvalue weighted by Gasteiger charge is -2.40. The van der Waals surface area contributed by atoms with E-state index in [4.69, 9.17) is 9.73 Å². The van der Waals surface area contributed by atoms with E-state index in [0.29, 0.717) is 5.92 Å². The molecule has 1 aromatic heterocycles. The number of hydrogen-bond acceptors (Lipinski definition) is 5. The predicted molar refractivity (Wildman–Crippen MR) is 114 cm³/mol. The molecule has 0 aliphatic carbocycles. The molecule has 7 nitrogen and oxygen atoms in total. The second kappa shape index (κ2) is 9.54. The van der Waals surface area contributed by atoms with Crippen molar-refractivity contribution in [1.82, 2.24) is 20.2 Å². The van der Waals surface area contributed by atoms with Crippen molar-refractivity contribution >= 4 is 11.9 Å². The number of nitrogens with zero attached hydrogens (tertiary/aromatic N) is 5. The number of guanidine groups is 1. The van der Waals surface area contributed by atoms with Crippen LogP contribution in [0.2, 0.25) is 0 Å². The maximum atomic E-state index is 6.13. The van der Waals surface area contributed by atoms with Crippen LogP contribution in [-0.4, -0.2) is 72.8 Å². The first-order chi connectivity index (χ1) is 13.5. The van der Waals surface area contributed by atoms with E-state index in [-0.39, 0.29) is 11.5 Å². The Kier molecular flexibility index (Phi) is 7.10. The van der Waals surface area contributed by atoms with Gasteiger partial charge >= 0.3 is 0 Å². The second-order valence-electron chi connectivity index (χ2n) is 8.78. The zero-order valence-electron chi connectivity index (χ0n) is 17.9. The van der Waals surface area contributed by atoms with Crippen LogP contribution in [0.4, 0.5) is 5.95 Å². The highest BCUT2D eigenvalue weighted by atomic mass is 16.5. The molecule has 3 heterocycles. The van der Waals surface area contributed by atoms with Crippen molar-refractivity contribution < 1.29 is 4.74 Å². The standard InChI is InChI=1S/C21H36N6O/c1-5-22-19(25-16-17-8-6-15-28-18(17)21(2,3)4)26-11-13-27(14-12-26)20-23-9-7-10-24-20/h7,9-10,17-18H,5-6,8,11-16H2,1-4H3,(H,22,25). The van der Waals surface area contributed by atoms with Crippen LogP contribution in [0.25, 0.3) is 0 Å². The molecule has 7 heteroatoms. The number of anilines is 1. The molecule has 0 amide bonds. The zero-order valence-corrected chi connectivity index (χ0v) is 17.9. The molecule has 2 aliphatic heterocycles. The average molecular weight is 389 g/mol. The van der Waals surface area contributed by atoms with Crippen LogP contribution in [0.5, 0.6) is 0 Å². The van der Waals surface area contributed by atoms with Gasteiger partial charge in [0.1, 0.15) is 0 Å². The van der Waals surface area contributed by atoms with Crippen molar-refractivity contribution in [2.75, 3.05) is 50.8 Å². The summed E-state index contributed by atoms with van der Waals surface area (Å²) < 4.78 is 6.13. The smallest absolute Gasteiger partial charge is 0.225 e. The lowest BCUT2D eigenvalue weighted by molar-refractivity contribution is -0.0824. The Bertz CT molecular complexity index is 622. The van der Waals surface area contributed by atoms with Gasteiger partial charge in [-0.15, -0.1) is 0 Å². The van der Waals surface area contributed by atoms with Crippen LogP contribution < -0.4 is 10.2 Å². The average Bonchev–Trinajstić information content (AvgIpc) is 2.71. The molecule has 28 heavy (non-hydrogen) atoms. The van der Waals surface area contributed by atoms with Crippen molar-refractivity contribution in [2.45, 2.75) is 46.6 Å². The van der Waals surface area contributed by atoms with E-state index in [1.165, 1.54) is 6.42 Å². The van der Waals surface area contributed by atoms with Crippen LogP contribution >= 0.6 is 0 Å². The third kappa shape index (κ3) is 5.34. The molecule has 0 aromatic carbocycles. The van der Waals surface area contributed by atoms with E-state index in [2.05, 4.69) is 52.8 Å². The molecule has 2 fully saturated rings. The van der Waals surface area contributed by atoms with E-state index >= 15 is 0 Å². The number of aromatic nitrogens is 2. The molecule has 0 spiro atoms. The highest BCUT2D eigenvalue weighted by Gasteiger charge is 2.35. The van der Waals surface area contributed by atoms with E-state index in [1.54, 1.807) is 12.4 Å². The summed E-state index contributed by atoms with van der Waals surface area (Å²) in [6.45, 7) is 15.2. The first kappa shape index (κ1) is 20.8. The number of piperazine rings is 1. The Morgan fingerprint density at radius 3 is 2.57 bits per heavy atom. The molecule has 2 saturated heterocycles. The summed E-state index contributed by atoms with van der Waals surface area (Å²) in [6.07, 6.45) is 6.22. The summed E-state index contributed by atoms with van der Waals surface area (Å²) >= 11 is 0. The Morgan fingerprint density at radius 2 is 1.93 bits per heavy atom. The molecule has 0 radical (unpaired) electrons. The van der Waals surface area contributed by atoms with Crippen molar-refractivity contribution in [2.24, 2.45) is 16.3 Å². The molecule has 0 saturated carbocycles. The van der Waals surface area contributed by atoms with Crippen LogP contribution in [-0.2, 0) is 4.74 Å². The molecule has 2 unspecified atom stereocenters. The minimum Gasteiger partial charge on any atom is -0.377 e. The van der Waals surface area contributed by atoms with E-state index in [0.717, 1.165) is 64.2 Å². The topological polar surface area (TPSA) is 65.9 Å². The summed E-state index contributed by atoms with van der Waals surface area (Å²) in [6, 6.07) is 1.86. The first-order valence-electron chi connectivity index (χ1n) is 10.7. The van der Waals surface area contributed by atoms with E-state index < -0.39 is 0 Å². The van der Waals surface area contributed by atoms with E-state index in [1.807, 2.05) is 6.07 Å². The van der Waals surface area contributed by atoms with Crippen LogP contribution in [0.1, 0.15) is 40.5 Å². The monoisotopic (exact) mass is 388 g/mol. The number of ether oxygens (including phenoxy) is 1. The highest BCUT2D eigenvalue weighted by molar-refractivity contribution is 5.80. The lowest BCUT2D eigenvalue weighted by Crippen LogP contribution is -2.53. The third-order valence-electron chi connectivity index (χ3n) is 5.52. The molecule has 156 valence electrons. The Morgan fingerprint density at radius 1 is 1.21 bits per heavy atom. The molecule has 1 N–H and O–H groups in total. The van der Waals surface area contributed by atoms with Gasteiger partial charge in [-0.2, -0.15) is 0 Å². The second-order valence-corrected chi connectivity index (χ2v) is 8.78. The summed E-state index contributed by atoms with van der Waals surface area (Å²) in [5.74, 6) is 2.33. The Balaban J connectivity index is 1.61. The fraction of sp³-hybridized carbons (Fsp3) is 0.762. The van der Waals surface area contributed by atoms with Gasteiger partial charge in [0.15, 0.2) is 5.96 Å². The number of hydrogen-bond donors (Lipinski definition) is 1. The summed E-state index contributed by atoms with van der Waals surface area (Å²) in [7, 11) is 0. The van der Waals surface area contributed by atoms with Crippen LogP contribution in [0.3, 0.4) is 0 Å². The van der Waals surface area contributed by atoms with Gasteiger partial charge in [0.2, 0.25) is 5.95 Å². The van der Waals surface area contributed by atoms with Gasteiger partial charge in [-0.1, -0.05) is 20.8 Å². The maximum absolute atomic E-state index is 6.13. The predicted octanol–water partition coefficient (Wildman–Crippen LogP) is 2.41. The maximum Gasteiger partial charge on any atom is 0.225 e. The van der Waals surface area contributed by atoms with Gasteiger partial charge in [0, 0.05) is 64.2 Å². The minimum absolute atomic E-state index is 0.153. The fourth-order valence-corrected chi connectivity index (χ4v) is 4.19. The molecule has 3 rings (SSSR count). The zero-order chi connectivity index (χ0) is 20.0. The van der Waals surface area contributed by atoms with Gasteiger partial charge in [-0.25, -0.2) is 9.97 Å². The van der Waals surface area contributed by atoms with Gasteiger partial charge in [-0.05, 0) is 31.2 Å². The summed E-state index contributed by atoms with van der Waals surface area (Å²) in [5.41, 5.74) is 0.153. The van der Waals surface area contributed by atoms with Crippen molar-refractivity contribution in [3.05, 3.63) is 18.5 Å². The fourth-order valence-electron chi connectivity index (χ4n) is 4.19. The van der Waals surface area contributed by atoms with Gasteiger partial charge in [-0.3, -0.25) is 4.99 Å². The molecular weight excluding hydrogens is 352 g/mol. The quantitative estimate of drug-likeness (QED) is 0.631. The number of aliphatic imine (C=N–C) groups is 1. The SMILES string of the molecule is CCNC(=NCC1CCCOC1C(C)(C)C)N1CCN(c2ncccn2)CC1. The normalized spacial score (nSPS) is 24.4. The minimum atomic E-state index is 0.153.